The Labute approximate surface area is 414 Å². The second kappa shape index (κ2) is 50.2. The number of unbranched alkanes of at least 4 members (excludes halogenated alkanes) is 34. The van der Waals surface area contributed by atoms with Gasteiger partial charge in [0.05, 0.1) is 34.4 Å². The molecular formula is C58H110NO8+. The zero-order chi connectivity index (χ0) is 49.2. The van der Waals surface area contributed by atoms with E-state index in [9.17, 15) is 19.5 Å². The highest BCUT2D eigenvalue weighted by Gasteiger charge is 2.25. The molecule has 0 aromatic rings. The third-order valence-corrected chi connectivity index (χ3v) is 12.7. The highest BCUT2D eigenvalue weighted by atomic mass is 16.7. The monoisotopic (exact) mass is 949 g/mol. The molecule has 2 unspecified atom stereocenters. The molecule has 0 aliphatic rings. The average molecular weight is 950 g/mol. The van der Waals surface area contributed by atoms with Gasteiger partial charge in [0.15, 0.2) is 6.10 Å². The molecule has 0 radical (unpaired) electrons. The van der Waals surface area contributed by atoms with Crippen LogP contribution in [0.3, 0.4) is 0 Å². The number of carbonyl (C=O) groups is 3. The molecule has 394 valence electrons. The van der Waals surface area contributed by atoms with Crippen molar-refractivity contribution in [1.82, 2.24) is 0 Å². The molecule has 0 amide bonds. The van der Waals surface area contributed by atoms with Gasteiger partial charge in [-0.15, -0.1) is 0 Å². The maximum absolute atomic E-state index is 12.8. The van der Waals surface area contributed by atoms with E-state index in [1.54, 1.807) is 0 Å². The van der Waals surface area contributed by atoms with Gasteiger partial charge in [-0.25, -0.2) is 4.79 Å². The van der Waals surface area contributed by atoms with Crippen molar-refractivity contribution in [3.8, 4) is 0 Å². The molecule has 0 rings (SSSR count). The van der Waals surface area contributed by atoms with Crippen LogP contribution in [0.1, 0.15) is 271 Å². The first-order valence-electron chi connectivity index (χ1n) is 28.5. The van der Waals surface area contributed by atoms with Crippen molar-refractivity contribution in [2.75, 3.05) is 47.5 Å². The standard InChI is InChI=1S/C58H109NO8/c1-6-8-10-12-14-16-17-18-19-20-21-22-23-24-25-26-27-28-29-30-31-32-33-34-35-36-37-38-39-41-43-45-47-49-56(61)67-54(53-66-58(57(62)63)64-51-50-59(3,4)5)52-65-55(60)48-46-44-42-40-15-13-11-9-7-2/h17-18,20-21,54,58H,6-16,19,22-53H2,1-5H3/p+1/b18-17-,21-20-. The lowest BCUT2D eigenvalue weighted by Gasteiger charge is -2.25. The molecule has 0 saturated heterocycles. The Balaban J connectivity index is 3.97. The third-order valence-electron chi connectivity index (χ3n) is 12.7. The van der Waals surface area contributed by atoms with E-state index < -0.39 is 18.4 Å². The maximum Gasteiger partial charge on any atom is 0.361 e. The number of hydrogen-bond acceptors (Lipinski definition) is 7. The number of carboxylic acid groups (broad SMARTS) is 1. The largest absolute Gasteiger partial charge is 0.477 e. The average Bonchev–Trinajstić information content (AvgIpc) is 3.29. The molecule has 0 fully saturated rings. The first-order chi connectivity index (χ1) is 32.6. The number of aliphatic carboxylic acids is 1. The lowest BCUT2D eigenvalue weighted by molar-refractivity contribution is -0.870. The topological polar surface area (TPSA) is 108 Å². The van der Waals surface area contributed by atoms with E-state index in [2.05, 4.69) is 38.2 Å². The van der Waals surface area contributed by atoms with Crippen LogP contribution in [0, 0.1) is 0 Å². The van der Waals surface area contributed by atoms with E-state index in [4.69, 9.17) is 18.9 Å². The molecule has 0 heterocycles. The number of ether oxygens (including phenoxy) is 4. The number of esters is 2. The summed E-state index contributed by atoms with van der Waals surface area (Å²) in [4.78, 5) is 37.2. The number of carboxylic acids is 1. The number of nitrogens with zero attached hydrogens (tertiary/aromatic N) is 1. The highest BCUT2D eigenvalue weighted by Crippen LogP contribution is 2.17. The van der Waals surface area contributed by atoms with Gasteiger partial charge >= 0.3 is 17.9 Å². The summed E-state index contributed by atoms with van der Waals surface area (Å²) < 4.78 is 22.8. The first kappa shape index (κ1) is 64.8. The van der Waals surface area contributed by atoms with Gasteiger partial charge in [-0.1, -0.05) is 237 Å². The van der Waals surface area contributed by atoms with Crippen molar-refractivity contribution < 1.29 is 42.9 Å². The van der Waals surface area contributed by atoms with E-state index >= 15 is 0 Å². The van der Waals surface area contributed by atoms with E-state index in [0.717, 1.165) is 44.9 Å². The van der Waals surface area contributed by atoms with Gasteiger partial charge in [-0.3, -0.25) is 9.59 Å². The van der Waals surface area contributed by atoms with E-state index in [1.165, 1.54) is 199 Å². The van der Waals surface area contributed by atoms with Crippen LogP contribution >= 0.6 is 0 Å². The molecule has 0 aliphatic heterocycles. The van der Waals surface area contributed by atoms with E-state index in [-0.39, 0.29) is 38.2 Å². The molecule has 0 aromatic heterocycles. The Morgan fingerprint density at radius 3 is 1.18 bits per heavy atom. The maximum atomic E-state index is 12.8. The quantitative estimate of drug-likeness (QED) is 0.0211. The van der Waals surface area contributed by atoms with Crippen molar-refractivity contribution in [1.29, 1.82) is 0 Å². The van der Waals surface area contributed by atoms with Crippen LogP contribution in [0.2, 0.25) is 0 Å². The fourth-order valence-electron chi connectivity index (χ4n) is 8.28. The number of hydrogen-bond donors (Lipinski definition) is 1. The molecule has 9 heteroatoms. The number of rotatable bonds is 53. The number of likely N-dealkylation sites (N-methyl/N-ethyl adjacent to an activating group) is 1. The summed E-state index contributed by atoms with van der Waals surface area (Å²) in [6.07, 6.45) is 55.7. The predicted molar refractivity (Wildman–Crippen MR) is 281 cm³/mol. The first-order valence-corrected chi connectivity index (χ1v) is 28.5. The van der Waals surface area contributed by atoms with Crippen LogP contribution in [0.15, 0.2) is 24.3 Å². The van der Waals surface area contributed by atoms with Gasteiger partial charge in [0.25, 0.3) is 6.29 Å². The van der Waals surface area contributed by atoms with Crippen LogP contribution in [0.25, 0.3) is 0 Å². The normalized spacial score (nSPS) is 12.9. The SMILES string of the molecule is CCCCCCC/C=C\C/C=C\CCCCCCCCCCCCCCCCCCCCCCCC(=O)OC(COC(=O)CCCCCCCCCCC)COC(OCC[N+](C)(C)C)C(=O)O. The molecule has 0 saturated carbocycles. The van der Waals surface area contributed by atoms with Gasteiger partial charge in [0.2, 0.25) is 0 Å². The molecule has 1 N–H and O–H groups in total. The van der Waals surface area contributed by atoms with Crippen LogP contribution < -0.4 is 0 Å². The molecule has 2 atom stereocenters. The number of quaternary nitrogens is 1. The van der Waals surface area contributed by atoms with Crippen molar-refractivity contribution in [3.05, 3.63) is 24.3 Å². The molecule has 67 heavy (non-hydrogen) atoms. The second-order valence-corrected chi connectivity index (χ2v) is 20.6. The van der Waals surface area contributed by atoms with Crippen LogP contribution in [0.5, 0.6) is 0 Å². The Bertz CT molecular complexity index is 1150. The molecule has 9 nitrogen and oxygen atoms in total. The Hall–Kier alpha value is -2.23. The summed E-state index contributed by atoms with van der Waals surface area (Å²) in [5.41, 5.74) is 0. The summed E-state index contributed by atoms with van der Waals surface area (Å²) in [6, 6.07) is 0. The summed E-state index contributed by atoms with van der Waals surface area (Å²) in [7, 11) is 5.97. The summed E-state index contributed by atoms with van der Waals surface area (Å²) in [5.74, 6) is -1.99. The van der Waals surface area contributed by atoms with Gasteiger partial charge in [-0.2, -0.15) is 0 Å². The van der Waals surface area contributed by atoms with Crippen molar-refractivity contribution in [2.24, 2.45) is 0 Å². The second-order valence-electron chi connectivity index (χ2n) is 20.6. The molecule has 0 bridgehead atoms. The number of carbonyl (C=O) groups excluding carboxylic acids is 2. The molecule has 0 aliphatic carbocycles. The molecule has 0 aromatic carbocycles. The van der Waals surface area contributed by atoms with Crippen molar-refractivity contribution in [2.45, 2.75) is 283 Å². The van der Waals surface area contributed by atoms with Gasteiger partial charge in [-0.05, 0) is 44.9 Å². The third kappa shape index (κ3) is 51.4. The fourth-order valence-corrected chi connectivity index (χ4v) is 8.28. The lowest BCUT2D eigenvalue weighted by Crippen LogP contribution is -2.40. The van der Waals surface area contributed by atoms with E-state index in [0.29, 0.717) is 17.4 Å². The van der Waals surface area contributed by atoms with Gasteiger partial charge in [0, 0.05) is 12.8 Å². The van der Waals surface area contributed by atoms with E-state index in [1.807, 2.05) is 21.1 Å². The smallest absolute Gasteiger partial charge is 0.361 e. The van der Waals surface area contributed by atoms with Crippen LogP contribution in [0.4, 0.5) is 0 Å². The lowest BCUT2D eigenvalue weighted by atomic mass is 10.0. The zero-order valence-corrected chi connectivity index (χ0v) is 44.8. The summed E-state index contributed by atoms with van der Waals surface area (Å²) in [5, 5.41) is 9.65. The summed E-state index contributed by atoms with van der Waals surface area (Å²) >= 11 is 0. The summed E-state index contributed by atoms with van der Waals surface area (Å²) in [6.45, 7) is 4.87. The van der Waals surface area contributed by atoms with Crippen LogP contribution in [-0.2, 0) is 33.3 Å². The number of allylic oxidation sites excluding steroid dienone is 4. The Kier molecular flexibility index (Phi) is 48.5. The van der Waals surface area contributed by atoms with Crippen molar-refractivity contribution in [3.63, 3.8) is 0 Å². The predicted octanol–water partition coefficient (Wildman–Crippen LogP) is 16.3. The van der Waals surface area contributed by atoms with Crippen LogP contribution in [-0.4, -0.2) is 87.4 Å². The van der Waals surface area contributed by atoms with Crippen molar-refractivity contribution >= 4 is 17.9 Å². The zero-order valence-electron chi connectivity index (χ0n) is 44.8. The minimum absolute atomic E-state index is 0.176. The molecule has 0 spiro atoms. The highest BCUT2D eigenvalue weighted by molar-refractivity contribution is 5.71. The Morgan fingerprint density at radius 1 is 0.448 bits per heavy atom. The Morgan fingerprint density at radius 2 is 0.806 bits per heavy atom. The minimum Gasteiger partial charge on any atom is -0.477 e. The molecular weight excluding hydrogens is 839 g/mol. The van der Waals surface area contributed by atoms with Gasteiger partial charge < -0.3 is 28.5 Å². The fraction of sp³-hybridized carbons (Fsp3) is 0.879. The minimum atomic E-state index is -1.50. The van der Waals surface area contributed by atoms with Gasteiger partial charge in [0.1, 0.15) is 13.2 Å².